The molecule has 0 bridgehead atoms. The molecule has 0 atom stereocenters. The molecule has 7 heteroatoms. The number of nitrogens with one attached hydrogen (secondary N) is 1. The van der Waals surface area contributed by atoms with E-state index in [9.17, 15) is 8.42 Å². The summed E-state index contributed by atoms with van der Waals surface area (Å²) in [6, 6.07) is 5.42. The third-order valence-corrected chi connectivity index (χ3v) is 4.39. The van der Waals surface area contributed by atoms with Gasteiger partial charge in [-0.25, -0.2) is 13.4 Å². The van der Waals surface area contributed by atoms with Crippen LogP contribution >= 0.6 is 15.9 Å². The largest absolute Gasteiger partial charge is 0.267 e. The number of pyridine rings is 2. The number of hydrogen-bond acceptors (Lipinski definition) is 4. The molecule has 0 aromatic carbocycles. The summed E-state index contributed by atoms with van der Waals surface area (Å²) in [4.78, 5) is 7.97. The van der Waals surface area contributed by atoms with Crippen LogP contribution in [-0.4, -0.2) is 24.1 Å². The lowest BCUT2D eigenvalue weighted by molar-refractivity contribution is 0.600. The van der Waals surface area contributed by atoms with Gasteiger partial charge < -0.3 is 0 Å². The lowest BCUT2D eigenvalue weighted by Gasteiger charge is -2.09. The van der Waals surface area contributed by atoms with Crippen LogP contribution in [0.25, 0.3) is 0 Å². The molecule has 0 unspecified atom stereocenters. The van der Waals surface area contributed by atoms with Crippen molar-refractivity contribution in [2.24, 2.45) is 0 Å². The second-order valence-corrected chi connectivity index (χ2v) is 7.10. The zero-order valence-electron chi connectivity index (χ0n) is 10.9. The van der Waals surface area contributed by atoms with Gasteiger partial charge in [-0.3, -0.25) is 9.71 Å². The van der Waals surface area contributed by atoms with Crippen molar-refractivity contribution in [1.82, 2.24) is 9.97 Å². The summed E-state index contributed by atoms with van der Waals surface area (Å²) in [6.45, 7) is 1.80. The minimum absolute atomic E-state index is 0.00813. The van der Waals surface area contributed by atoms with Crippen molar-refractivity contribution in [2.75, 3.05) is 10.5 Å². The Kier molecular flexibility index (Phi) is 4.72. The van der Waals surface area contributed by atoms with E-state index in [4.69, 9.17) is 0 Å². The van der Waals surface area contributed by atoms with Crippen molar-refractivity contribution in [1.29, 1.82) is 0 Å². The van der Waals surface area contributed by atoms with Crippen LogP contribution < -0.4 is 4.72 Å². The average Bonchev–Trinajstić information content (AvgIpc) is 2.41. The lowest BCUT2D eigenvalue weighted by Crippen LogP contribution is -2.19. The van der Waals surface area contributed by atoms with Crippen LogP contribution in [-0.2, 0) is 16.4 Å². The maximum Gasteiger partial charge on any atom is 0.234 e. The van der Waals surface area contributed by atoms with Crippen LogP contribution in [0.15, 0.2) is 41.3 Å². The third kappa shape index (κ3) is 4.28. The van der Waals surface area contributed by atoms with Crippen molar-refractivity contribution in [3.63, 3.8) is 0 Å². The van der Waals surface area contributed by atoms with Gasteiger partial charge in [0.15, 0.2) is 0 Å². The molecule has 106 valence electrons. The van der Waals surface area contributed by atoms with E-state index in [-0.39, 0.29) is 5.75 Å². The maximum absolute atomic E-state index is 12.0. The highest BCUT2D eigenvalue weighted by Crippen LogP contribution is 2.18. The molecule has 0 aliphatic carbocycles. The molecular formula is C13H14BrN3O2S. The molecule has 1 N–H and O–H groups in total. The maximum atomic E-state index is 12.0. The van der Waals surface area contributed by atoms with E-state index < -0.39 is 10.0 Å². The van der Waals surface area contributed by atoms with Crippen molar-refractivity contribution < 1.29 is 8.42 Å². The first-order valence-electron chi connectivity index (χ1n) is 5.98. The van der Waals surface area contributed by atoms with Gasteiger partial charge in [-0.1, -0.05) is 0 Å². The van der Waals surface area contributed by atoms with Gasteiger partial charge >= 0.3 is 0 Å². The molecule has 20 heavy (non-hydrogen) atoms. The molecule has 2 aromatic rings. The smallest absolute Gasteiger partial charge is 0.234 e. The normalized spacial score (nSPS) is 11.3. The molecule has 2 heterocycles. The van der Waals surface area contributed by atoms with E-state index in [1.165, 1.54) is 0 Å². The average molecular weight is 356 g/mol. The molecule has 0 saturated heterocycles. The Morgan fingerprint density at radius 1 is 1.30 bits per heavy atom. The Morgan fingerprint density at radius 2 is 2.00 bits per heavy atom. The lowest BCUT2D eigenvalue weighted by atomic mass is 10.2. The van der Waals surface area contributed by atoms with E-state index in [2.05, 4.69) is 30.6 Å². The first-order valence-corrected chi connectivity index (χ1v) is 8.42. The van der Waals surface area contributed by atoms with E-state index >= 15 is 0 Å². The van der Waals surface area contributed by atoms with Crippen molar-refractivity contribution >= 4 is 31.8 Å². The Hall–Kier alpha value is -1.47. The fourth-order valence-corrected chi connectivity index (χ4v) is 3.21. The van der Waals surface area contributed by atoms with Gasteiger partial charge in [-0.15, -0.1) is 0 Å². The number of rotatable bonds is 5. The SMILES string of the molecule is Cc1cc(Br)cnc1NS(=O)(=O)CCc1ccncc1. The van der Waals surface area contributed by atoms with Crippen molar-refractivity contribution in [3.05, 3.63) is 52.4 Å². The standard InChI is InChI=1S/C13H14BrN3O2S/c1-10-8-12(14)9-16-13(10)17-20(18,19)7-4-11-2-5-15-6-3-11/h2-3,5-6,8-9H,4,7H2,1H3,(H,16,17). The summed E-state index contributed by atoms with van der Waals surface area (Å²) in [6.07, 6.45) is 5.30. The number of sulfonamides is 1. The number of nitrogens with zero attached hydrogens (tertiary/aromatic N) is 2. The minimum atomic E-state index is -3.42. The highest BCUT2D eigenvalue weighted by molar-refractivity contribution is 9.10. The summed E-state index contributed by atoms with van der Waals surface area (Å²) < 4.78 is 27.4. The number of halogens is 1. The Balaban J connectivity index is 2.04. The molecule has 0 aliphatic heterocycles. The predicted octanol–water partition coefficient (Wildman–Crippen LogP) is 2.53. The first kappa shape index (κ1) is 14.9. The summed E-state index contributed by atoms with van der Waals surface area (Å²) in [7, 11) is -3.42. The Morgan fingerprint density at radius 3 is 2.65 bits per heavy atom. The van der Waals surface area contributed by atoms with Crippen LogP contribution in [0.3, 0.4) is 0 Å². The molecule has 0 aliphatic rings. The highest BCUT2D eigenvalue weighted by Gasteiger charge is 2.13. The fourth-order valence-electron chi connectivity index (χ4n) is 1.65. The predicted molar refractivity (Wildman–Crippen MR) is 82.0 cm³/mol. The fraction of sp³-hybridized carbons (Fsp3) is 0.231. The molecule has 2 rings (SSSR count). The van der Waals surface area contributed by atoms with Gasteiger partial charge in [0.05, 0.1) is 5.75 Å². The second kappa shape index (κ2) is 6.32. The first-order chi connectivity index (χ1) is 9.46. The van der Waals surface area contributed by atoms with Crippen LogP contribution in [0.1, 0.15) is 11.1 Å². The van der Waals surface area contributed by atoms with Gasteiger partial charge in [0.25, 0.3) is 0 Å². The Bertz CT molecular complexity index is 690. The van der Waals surface area contributed by atoms with Crippen molar-refractivity contribution in [2.45, 2.75) is 13.3 Å². The molecule has 0 fully saturated rings. The van der Waals surface area contributed by atoms with E-state index in [1.807, 2.05) is 6.07 Å². The number of aryl methyl sites for hydroxylation is 2. The molecule has 0 spiro atoms. The summed E-state index contributed by atoms with van der Waals surface area (Å²) in [5, 5.41) is 0. The van der Waals surface area contributed by atoms with Crippen LogP contribution in [0.5, 0.6) is 0 Å². The number of aromatic nitrogens is 2. The minimum Gasteiger partial charge on any atom is -0.267 e. The topological polar surface area (TPSA) is 72.0 Å². The van der Waals surface area contributed by atoms with E-state index in [1.54, 1.807) is 37.6 Å². The van der Waals surface area contributed by atoms with E-state index in [0.717, 1.165) is 15.6 Å². The third-order valence-electron chi connectivity index (χ3n) is 2.71. The van der Waals surface area contributed by atoms with Gasteiger partial charge in [0.2, 0.25) is 10.0 Å². The molecule has 0 saturated carbocycles. The monoisotopic (exact) mass is 355 g/mol. The van der Waals surface area contributed by atoms with E-state index in [0.29, 0.717) is 12.2 Å². The van der Waals surface area contributed by atoms with Gasteiger partial charge in [0.1, 0.15) is 5.82 Å². The van der Waals surface area contributed by atoms with Gasteiger partial charge in [-0.05, 0) is 58.6 Å². The quantitative estimate of drug-likeness (QED) is 0.894. The zero-order chi connectivity index (χ0) is 14.6. The van der Waals surface area contributed by atoms with Crippen LogP contribution in [0.4, 0.5) is 5.82 Å². The number of anilines is 1. The summed E-state index contributed by atoms with van der Waals surface area (Å²) in [5.41, 5.74) is 1.71. The molecule has 5 nitrogen and oxygen atoms in total. The molecule has 0 amide bonds. The van der Waals surface area contributed by atoms with Crippen LogP contribution in [0.2, 0.25) is 0 Å². The molecule has 2 aromatic heterocycles. The number of hydrogen-bond donors (Lipinski definition) is 1. The summed E-state index contributed by atoms with van der Waals surface area (Å²) in [5.74, 6) is 0.372. The Labute approximate surface area is 126 Å². The molecular weight excluding hydrogens is 342 g/mol. The summed E-state index contributed by atoms with van der Waals surface area (Å²) >= 11 is 3.29. The van der Waals surface area contributed by atoms with Crippen molar-refractivity contribution in [3.8, 4) is 0 Å². The highest BCUT2D eigenvalue weighted by atomic mass is 79.9. The zero-order valence-corrected chi connectivity index (χ0v) is 13.3. The molecule has 0 radical (unpaired) electrons. The second-order valence-electron chi connectivity index (χ2n) is 4.35. The van der Waals surface area contributed by atoms with Crippen LogP contribution in [0, 0.1) is 6.92 Å². The van der Waals surface area contributed by atoms with Gasteiger partial charge in [0, 0.05) is 23.1 Å². The van der Waals surface area contributed by atoms with Gasteiger partial charge in [-0.2, -0.15) is 0 Å².